The summed E-state index contributed by atoms with van der Waals surface area (Å²) in [6, 6.07) is 11.5. The van der Waals surface area contributed by atoms with E-state index in [9.17, 15) is 14.4 Å². The maximum atomic E-state index is 13.7. The Bertz CT molecular complexity index is 1010. The molecule has 0 radical (unpaired) electrons. The Balaban J connectivity index is 1.42. The highest BCUT2D eigenvalue weighted by Gasteiger charge is 2.29. The number of piperidine rings is 1. The zero-order chi connectivity index (χ0) is 19.5. The van der Waals surface area contributed by atoms with E-state index in [0.29, 0.717) is 37.6 Å². The number of nitrogens with zero attached hydrogens (tertiary/aromatic N) is 3. The van der Waals surface area contributed by atoms with E-state index in [4.69, 9.17) is 8.83 Å². The third kappa shape index (κ3) is 3.47. The van der Waals surface area contributed by atoms with Crippen LogP contribution in [-0.2, 0) is 4.79 Å². The van der Waals surface area contributed by atoms with Gasteiger partial charge in [0.15, 0.2) is 5.76 Å². The first-order valence-corrected chi connectivity index (χ1v) is 8.91. The van der Waals surface area contributed by atoms with Crippen molar-refractivity contribution in [2.45, 2.75) is 12.8 Å². The fourth-order valence-corrected chi connectivity index (χ4v) is 3.25. The molecule has 2 aromatic heterocycles. The minimum Gasteiger partial charge on any atom is -0.459 e. The van der Waals surface area contributed by atoms with Crippen LogP contribution < -0.4 is 10.2 Å². The highest BCUT2D eigenvalue weighted by Crippen LogP contribution is 2.31. The predicted octanol–water partition coefficient (Wildman–Crippen LogP) is 3.80. The molecule has 0 atom stereocenters. The maximum Gasteiger partial charge on any atom is 0.266 e. The summed E-state index contributed by atoms with van der Waals surface area (Å²) < 4.78 is 24.7. The van der Waals surface area contributed by atoms with Crippen molar-refractivity contribution in [3.05, 3.63) is 54.2 Å². The molecule has 28 heavy (non-hydrogen) atoms. The summed E-state index contributed by atoms with van der Waals surface area (Å²) in [6.07, 6.45) is 2.62. The summed E-state index contributed by atoms with van der Waals surface area (Å²) in [5, 5.41) is 12.0. The number of aromatic nitrogens is 1. The van der Waals surface area contributed by atoms with E-state index in [2.05, 4.69) is 10.3 Å². The van der Waals surface area contributed by atoms with E-state index in [0.717, 1.165) is 0 Å². The average Bonchev–Trinajstić information content (AvgIpc) is 3.39. The number of para-hydroxylation sites is 1. The van der Waals surface area contributed by atoms with E-state index in [1.807, 2.05) is 11.0 Å². The number of hydrogen-bond acceptors (Lipinski definition) is 6. The number of furan rings is 1. The second-order valence-electron chi connectivity index (χ2n) is 6.49. The van der Waals surface area contributed by atoms with Crippen molar-refractivity contribution in [1.29, 1.82) is 5.26 Å². The molecular weight excluding hydrogens is 363 g/mol. The fourth-order valence-electron chi connectivity index (χ4n) is 3.25. The van der Waals surface area contributed by atoms with Gasteiger partial charge in [0, 0.05) is 19.0 Å². The minimum atomic E-state index is -0.459. The van der Waals surface area contributed by atoms with Gasteiger partial charge in [0.05, 0.1) is 12.0 Å². The molecule has 1 aliphatic heterocycles. The molecule has 1 saturated heterocycles. The zero-order valence-corrected chi connectivity index (χ0v) is 14.9. The highest BCUT2D eigenvalue weighted by molar-refractivity contribution is 5.92. The lowest BCUT2D eigenvalue weighted by Gasteiger charge is -2.30. The van der Waals surface area contributed by atoms with Gasteiger partial charge >= 0.3 is 0 Å². The standard InChI is InChI=1S/C20H17FN4O3/c21-14-4-1-2-5-15(14)23-18(26)13-7-9-25(10-8-13)20-16(12-22)24-19(28-20)17-6-3-11-27-17/h1-6,11,13H,7-10H2,(H,23,26). The Labute approximate surface area is 160 Å². The normalized spacial score (nSPS) is 14.6. The molecule has 8 heteroatoms. The van der Waals surface area contributed by atoms with Crippen LogP contribution in [0.15, 0.2) is 51.5 Å². The highest BCUT2D eigenvalue weighted by atomic mass is 19.1. The van der Waals surface area contributed by atoms with Crippen LogP contribution in [0.25, 0.3) is 11.7 Å². The second-order valence-corrected chi connectivity index (χ2v) is 6.49. The van der Waals surface area contributed by atoms with Crippen LogP contribution in [0.4, 0.5) is 16.0 Å². The SMILES string of the molecule is N#Cc1nc(-c2ccco2)oc1N1CCC(C(=O)Nc2ccccc2F)CC1. The Morgan fingerprint density at radius 3 is 2.71 bits per heavy atom. The van der Waals surface area contributed by atoms with Crippen LogP contribution in [0, 0.1) is 23.1 Å². The molecular formula is C20H17FN4O3. The van der Waals surface area contributed by atoms with Gasteiger partial charge in [0.2, 0.25) is 17.5 Å². The molecule has 0 saturated carbocycles. The third-order valence-electron chi connectivity index (χ3n) is 4.73. The molecule has 1 aliphatic rings. The lowest BCUT2D eigenvalue weighted by molar-refractivity contribution is -0.120. The molecule has 7 nitrogen and oxygen atoms in total. The number of carbonyl (C=O) groups is 1. The minimum absolute atomic E-state index is 0.181. The van der Waals surface area contributed by atoms with Gasteiger partial charge in [-0.25, -0.2) is 4.39 Å². The zero-order valence-electron chi connectivity index (χ0n) is 14.9. The van der Waals surface area contributed by atoms with Crippen LogP contribution >= 0.6 is 0 Å². The van der Waals surface area contributed by atoms with E-state index >= 15 is 0 Å². The van der Waals surface area contributed by atoms with E-state index in [-0.39, 0.29) is 29.1 Å². The van der Waals surface area contributed by atoms with Crippen LogP contribution in [-0.4, -0.2) is 24.0 Å². The Kier molecular flexibility index (Phi) is 4.81. The van der Waals surface area contributed by atoms with Crippen LogP contribution in [0.1, 0.15) is 18.5 Å². The van der Waals surface area contributed by atoms with Crippen molar-refractivity contribution in [3.8, 4) is 17.7 Å². The Morgan fingerprint density at radius 1 is 1.25 bits per heavy atom. The largest absolute Gasteiger partial charge is 0.459 e. The van der Waals surface area contributed by atoms with Crippen LogP contribution in [0.2, 0.25) is 0 Å². The molecule has 3 aromatic rings. The topological polar surface area (TPSA) is 95.3 Å². The number of halogens is 1. The molecule has 0 unspecified atom stereocenters. The molecule has 1 amide bonds. The predicted molar refractivity (Wildman–Crippen MR) is 98.9 cm³/mol. The van der Waals surface area contributed by atoms with Crippen molar-refractivity contribution < 1.29 is 18.0 Å². The smallest absolute Gasteiger partial charge is 0.266 e. The van der Waals surface area contributed by atoms with E-state index < -0.39 is 5.82 Å². The van der Waals surface area contributed by atoms with Gasteiger partial charge in [-0.2, -0.15) is 10.2 Å². The molecule has 3 heterocycles. The number of oxazole rings is 1. The number of rotatable bonds is 4. The number of hydrogen-bond donors (Lipinski definition) is 1. The molecule has 4 rings (SSSR count). The molecule has 0 aliphatic carbocycles. The molecule has 0 bridgehead atoms. The summed E-state index contributed by atoms with van der Waals surface area (Å²) in [5.74, 6) is 0.159. The number of benzene rings is 1. The van der Waals surface area contributed by atoms with Crippen molar-refractivity contribution in [2.75, 3.05) is 23.3 Å². The molecule has 1 N–H and O–H groups in total. The first-order valence-electron chi connectivity index (χ1n) is 8.91. The average molecular weight is 380 g/mol. The fraction of sp³-hybridized carbons (Fsp3) is 0.250. The summed E-state index contributed by atoms with van der Waals surface area (Å²) in [4.78, 5) is 18.5. The van der Waals surface area contributed by atoms with E-state index in [1.165, 1.54) is 18.4 Å². The first-order chi connectivity index (χ1) is 13.7. The lowest BCUT2D eigenvalue weighted by Crippen LogP contribution is -2.38. The number of anilines is 2. The Morgan fingerprint density at radius 2 is 2.04 bits per heavy atom. The van der Waals surface area contributed by atoms with Crippen LogP contribution in [0.5, 0.6) is 0 Å². The summed E-state index contributed by atoms with van der Waals surface area (Å²) >= 11 is 0. The number of nitrogens with one attached hydrogen (secondary N) is 1. The first kappa shape index (κ1) is 17.8. The van der Waals surface area contributed by atoms with Gasteiger partial charge < -0.3 is 19.1 Å². The number of amides is 1. The Hall–Kier alpha value is -3.60. The van der Waals surface area contributed by atoms with Gasteiger partial charge in [-0.15, -0.1) is 0 Å². The van der Waals surface area contributed by atoms with Gasteiger partial charge in [-0.3, -0.25) is 4.79 Å². The molecule has 1 fully saturated rings. The van der Waals surface area contributed by atoms with E-state index in [1.54, 1.807) is 24.3 Å². The van der Waals surface area contributed by atoms with Crippen molar-refractivity contribution in [2.24, 2.45) is 5.92 Å². The maximum absolute atomic E-state index is 13.7. The van der Waals surface area contributed by atoms with Crippen molar-refractivity contribution >= 4 is 17.5 Å². The van der Waals surface area contributed by atoms with Crippen molar-refractivity contribution in [1.82, 2.24) is 4.98 Å². The number of nitriles is 1. The third-order valence-corrected chi connectivity index (χ3v) is 4.73. The quantitative estimate of drug-likeness (QED) is 0.740. The summed E-state index contributed by atoms with van der Waals surface area (Å²) in [6.45, 7) is 1.05. The van der Waals surface area contributed by atoms with Gasteiger partial charge in [-0.05, 0) is 37.1 Å². The van der Waals surface area contributed by atoms with Crippen LogP contribution in [0.3, 0.4) is 0 Å². The van der Waals surface area contributed by atoms with Crippen molar-refractivity contribution in [3.63, 3.8) is 0 Å². The number of carbonyl (C=O) groups excluding carboxylic acids is 1. The molecule has 1 aromatic carbocycles. The summed E-state index contributed by atoms with van der Waals surface area (Å²) in [7, 11) is 0. The van der Waals surface area contributed by atoms with Gasteiger partial charge in [0.1, 0.15) is 11.9 Å². The molecule has 142 valence electrons. The molecule has 0 spiro atoms. The van der Waals surface area contributed by atoms with Gasteiger partial charge in [-0.1, -0.05) is 12.1 Å². The monoisotopic (exact) mass is 380 g/mol. The second kappa shape index (κ2) is 7.56. The summed E-state index contributed by atoms with van der Waals surface area (Å²) in [5.41, 5.74) is 0.362. The van der Waals surface area contributed by atoms with Gasteiger partial charge in [0.25, 0.3) is 5.89 Å². The lowest BCUT2D eigenvalue weighted by atomic mass is 9.96.